The molecular formula is C15H27NO4. The van der Waals surface area contributed by atoms with Gasteiger partial charge in [0.1, 0.15) is 0 Å². The number of amides is 1. The van der Waals surface area contributed by atoms with Gasteiger partial charge in [0, 0.05) is 26.1 Å². The zero-order chi connectivity index (χ0) is 15.0. The Morgan fingerprint density at radius 1 is 1.25 bits per heavy atom. The highest BCUT2D eigenvalue weighted by Gasteiger charge is 2.33. The monoisotopic (exact) mass is 285 g/mol. The van der Waals surface area contributed by atoms with Crippen molar-refractivity contribution in [2.75, 3.05) is 26.8 Å². The van der Waals surface area contributed by atoms with Gasteiger partial charge in [-0.05, 0) is 25.7 Å². The molecule has 0 spiro atoms. The summed E-state index contributed by atoms with van der Waals surface area (Å²) in [5.74, 6) is -1.13. The summed E-state index contributed by atoms with van der Waals surface area (Å²) < 4.78 is 5.06. The van der Waals surface area contributed by atoms with E-state index in [4.69, 9.17) is 9.84 Å². The summed E-state index contributed by atoms with van der Waals surface area (Å²) in [5, 5.41) is 9.11. The second-order valence-electron chi connectivity index (χ2n) is 5.57. The summed E-state index contributed by atoms with van der Waals surface area (Å²) in [4.78, 5) is 25.5. The number of carboxylic acid groups (broad SMARTS) is 1. The Morgan fingerprint density at radius 2 is 1.95 bits per heavy atom. The smallest absolute Gasteiger partial charge is 0.306 e. The van der Waals surface area contributed by atoms with Gasteiger partial charge in [-0.25, -0.2) is 0 Å². The number of hydrogen-bond acceptors (Lipinski definition) is 3. The van der Waals surface area contributed by atoms with Crippen molar-refractivity contribution in [3.8, 4) is 0 Å². The molecule has 116 valence electrons. The van der Waals surface area contributed by atoms with Crippen LogP contribution in [0.25, 0.3) is 0 Å². The maximum Gasteiger partial charge on any atom is 0.306 e. The largest absolute Gasteiger partial charge is 0.481 e. The van der Waals surface area contributed by atoms with Crippen LogP contribution in [0.2, 0.25) is 0 Å². The molecule has 5 nitrogen and oxygen atoms in total. The molecule has 5 heteroatoms. The van der Waals surface area contributed by atoms with E-state index in [0.717, 1.165) is 32.2 Å². The van der Waals surface area contributed by atoms with Gasteiger partial charge >= 0.3 is 5.97 Å². The van der Waals surface area contributed by atoms with Gasteiger partial charge in [0.2, 0.25) is 5.91 Å². The highest BCUT2D eigenvalue weighted by atomic mass is 16.5. The molecule has 2 unspecified atom stereocenters. The first kappa shape index (κ1) is 17.0. The Bertz CT molecular complexity index is 311. The zero-order valence-electron chi connectivity index (χ0n) is 12.6. The molecule has 1 N–H and O–H groups in total. The van der Waals surface area contributed by atoms with Crippen molar-refractivity contribution in [3.63, 3.8) is 0 Å². The van der Waals surface area contributed by atoms with Crippen molar-refractivity contribution in [1.29, 1.82) is 0 Å². The lowest BCUT2D eigenvalue weighted by molar-refractivity contribution is -0.145. The lowest BCUT2D eigenvalue weighted by Crippen LogP contribution is -2.41. The molecule has 1 aliphatic carbocycles. The minimum absolute atomic E-state index is 0.112. The van der Waals surface area contributed by atoms with Crippen LogP contribution in [0, 0.1) is 11.8 Å². The fraction of sp³-hybridized carbons (Fsp3) is 0.867. The molecule has 1 rings (SSSR count). The summed E-state index contributed by atoms with van der Waals surface area (Å²) in [6, 6.07) is 0. The van der Waals surface area contributed by atoms with Crippen LogP contribution in [0.15, 0.2) is 0 Å². The van der Waals surface area contributed by atoms with Gasteiger partial charge in [-0.15, -0.1) is 0 Å². The third-order valence-corrected chi connectivity index (χ3v) is 4.03. The minimum Gasteiger partial charge on any atom is -0.481 e. The summed E-state index contributed by atoms with van der Waals surface area (Å²) >= 11 is 0. The average Bonchev–Trinajstić information content (AvgIpc) is 2.47. The van der Waals surface area contributed by atoms with Crippen LogP contribution < -0.4 is 0 Å². The Kier molecular flexibility index (Phi) is 7.59. The molecule has 20 heavy (non-hydrogen) atoms. The first-order chi connectivity index (χ1) is 9.60. The molecule has 2 atom stereocenters. The fourth-order valence-electron chi connectivity index (χ4n) is 2.78. The van der Waals surface area contributed by atoms with Crippen LogP contribution in [0.1, 0.15) is 45.4 Å². The number of carbonyl (C=O) groups is 2. The second kappa shape index (κ2) is 8.95. The number of methoxy groups -OCH3 is 1. The van der Waals surface area contributed by atoms with E-state index in [9.17, 15) is 9.59 Å². The van der Waals surface area contributed by atoms with Crippen LogP contribution in [0.3, 0.4) is 0 Å². The molecule has 1 amide bonds. The third-order valence-electron chi connectivity index (χ3n) is 4.03. The first-order valence-electron chi connectivity index (χ1n) is 7.60. The van der Waals surface area contributed by atoms with E-state index < -0.39 is 5.97 Å². The molecular weight excluding hydrogens is 258 g/mol. The second-order valence-corrected chi connectivity index (χ2v) is 5.57. The Balaban J connectivity index is 2.59. The van der Waals surface area contributed by atoms with Crippen LogP contribution in [0.4, 0.5) is 0 Å². The average molecular weight is 285 g/mol. The van der Waals surface area contributed by atoms with Gasteiger partial charge in [-0.1, -0.05) is 19.8 Å². The first-order valence-corrected chi connectivity index (χ1v) is 7.60. The number of carbonyl (C=O) groups excluding carboxylic acids is 1. The topological polar surface area (TPSA) is 66.8 Å². The molecule has 0 radical (unpaired) electrons. The van der Waals surface area contributed by atoms with E-state index in [1.165, 1.54) is 0 Å². The lowest BCUT2D eigenvalue weighted by Gasteiger charge is -2.31. The van der Waals surface area contributed by atoms with Crippen molar-refractivity contribution in [2.24, 2.45) is 11.8 Å². The third kappa shape index (κ3) is 5.12. The summed E-state index contributed by atoms with van der Waals surface area (Å²) in [5.41, 5.74) is 0. The zero-order valence-corrected chi connectivity index (χ0v) is 12.6. The SMILES string of the molecule is CCCCN(CCOC)C(=O)C1CCCC(C(=O)O)C1. The van der Waals surface area contributed by atoms with E-state index in [-0.39, 0.29) is 17.7 Å². The van der Waals surface area contributed by atoms with Crippen molar-refractivity contribution < 1.29 is 19.4 Å². The number of rotatable bonds is 8. The number of hydrogen-bond donors (Lipinski definition) is 1. The normalized spacial score (nSPS) is 22.5. The van der Waals surface area contributed by atoms with Crippen LogP contribution in [0.5, 0.6) is 0 Å². The highest BCUT2D eigenvalue weighted by molar-refractivity contribution is 5.80. The fourth-order valence-corrected chi connectivity index (χ4v) is 2.78. The van der Waals surface area contributed by atoms with E-state index in [1.54, 1.807) is 7.11 Å². The Labute approximate surface area is 121 Å². The lowest BCUT2D eigenvalue weighted by atomic mass is 9.80. The Hall–Kier alpha value is -1.10. The molecule has 1 saturated carbocycles. The van der Waals surface area contributed by atoms with Crippen LogP contribution in [-0.4, -0.2) is 48.7 Å². The highest BCUT2D eigenvalue weighted by Crippen LogP contribution is 2.30. The van der Waals surface area contributed by atoms with Crippen LogP contribution in [-0.2, 0) is 14.3 Å². The molecule has 0 aliphatic heterocycles. The predicted octanol–water partition coefficient (Wildman–Crippen LogP) is 2.15. The maximum absolute atomic E-state index is 12.6. The minimum atomic E-state index is -0.764. The van der Waals surface area contributed by atoms with Gasteiger partial charge in [0.15, 0.2) is 0 Å². The number of aliphatic carboxylic acids is 1. The van der Waals surface area contributed by atoms with Crippen molar-refractivity contribution in [1.82, 2.24) is 4.90 Å². The van der Waals surface area contributed by atoms with E-state index >= 15 is 0 Å². The van der Waals surface area contributed by atoms with Gasteiger partial charge in [0.05, 0.1) is 12.5 Å². The standard InChI is InChI=1S/C15H27NO4/c1-3-4-8-16(9-10-20-2)14(17)12-6-5-7-13(11-12)15(18)19/h12-13H,3-11H2,1-2H3,(H,18,19). The summed E-state index contributed by atoms with van der Waals surface area (Å²) in [6.07, 6.45) is 4.86. The number of ether oxygens (including phenoxy) is 1. The Morgan fingerprint density at radius 3 is 2.55 bits per heavy atom. The van der Waals surface area contributed by atoms with Gasteiger partial charge < -0.3 is 14.7 Å². The summed E-state index contributed by atoms with van der Waals surface area (Å²) in [6.45, 7) is 3.97. The molecule has 0 aromatic heterocycles. The molecule has 0 bridgehead atoms. The number of carboxylic acids is 1. The summed E-state index contributed by atoms with van der Waals surface area (Å²) in [7, 11) is 1.63. The van der Waals surface area contributed by atoms with Crippen LogP contribution >= 0.6 is 0 Å². The quantitative estimate of drug-likeness (QED) is 0.742. The number of unbranched alkanes of at least 4 members (excludes halogenated alkanes) is 1. The molecule has 0 aromatic rings. The molecule has 1 aliphatic rings. The van der Waals surface area contributed by atoms with Gasteiger partial charge in [0.25, 0.3) is 0 Å². The van der Waals surface area contributed by atoms with Gasteiger partial charge in [-0.2, -0.15) is 0 Å². The van der Waals surface area contributed by atoms with Crippen molar-refractivity contribution in [2.45, 2.75) is 45.4 Å². The van der Waals surface area contributed by atoms with E-state index in [2.05, 4.69) is 6.92 Å². The van der Waals surface area contributed by atoms with Crippen molar-refractivity contribution in [3.05, 3.63) is 0 Å². The van der Waals surface area contributed by atoms with Gasteiger partial charge in [-0.3, -0.25) is 9.59 Å². The molecule has 0 aromatic carbocycles. The van der Waals surface area contributed by atoms with Crippen molar-refractivity contribution >= 4 is 11.9 Å². The maximum atomic E-state index is 12.6. The van der Waals surface area contributed by atoms with E-state index in [0.29, 0.717) is 26.0 Å². The van der Waals surface area contributed by atoms with E-state index in [1.807, 2.05) is 4.90 Å². The number of nitrogens with zero attached hydrogens (tertiary/aromatic N) is 1. The molecule has 0 saturated heterocycles. The molecule has 1 fully saturated rings. The molecule has 0 heterocycles. The predicted molar refractivity (Wildman–Crippen MR) is 76.4 cm³/mol.